The van der Waals surface area contributed by atoms with Crippen LogP contribution in [0.5, 0.6) is 0 Å². The molecule has 1 heterocycles. The van der Waals surface area contributed by atoms with Gasteiger partial charge >= 0.3 is 0 Å². The maximum atomic E-state index is 10.1. The Labute approximate surface area is 104 Å². The number of hydrogen-bond donors (Lipinski definition) is 1. The fraction of sp³-hybridized carbons (Fsp3) is 0.733. The smallest absolute Gasteiger partial charge is 0.117 e. The van der Waals surface area contributed by atoms with Crippen LogP contribution < -0.4 is 0 Å². The van der Waals surface area contributed by atoms with Gasteiger partial charge in [-0.3, -0.25) is 0 Å². The van der Waals surface area contributed by atoms with Crippen molar-refractivity contribution in [1.29, 1.82) is 0 Å². The zero-order chi connectivity index (χ0) is 12.6. The lowest BCUT2D eigenvalue weighted by Crippen LogP contribution is -2.29. The summed E-state index contributed by atoms with van der Waals surface area (Å²) in [4.78, 5) is 0. The lowest BCUT2D eigenvalue weighted by molar-refractivity contribution is 0.173. The summed E-state index contributed by atoms with van der Waals surface area (Å²) in [6.45, 7) is 8.37. The largest absolute Gasteiger partial charge is 0.386 e. The number of epoxide rings is 1. The zero-order valence-corrected chi connectivity index (χ0v) is 11.4. The van der Waals surface area contributed by atoms with Crippen molar-refractivity contribution in [1.82, 2.24) is 0 Å². The third kappa shape index (κ3) is 2.63. The Morgan fingerprint density at radius 1 is 1.59 bits per heavy atom. The quantitative estimate of drug-likeness (QED) is 0.603. The molecule has 0 saturated carbocycles. The minimum Gasteiger partial charge on any atom is -0.386 e. The second-order valence-electron chi connectivity index (χ2n) is 5.98. The van der Waals surface area contributed by atoms with E-state index in [0.29, 0.717) is 5.92 Å². The molecule has 1 saturated heterocycles. The van der Waals surface area contributed by atoms with Gasteiger partial charge in [0.05, 0.1) is 5.60 Å². The molecule has 2 nitrogen and oxygen atoms in total. The van der Waals surface area contributed by atoms with E-state index in [1.54, 1.807) is 0 Å². The van der Waals surface area contributed by atoms with E-state index in [-0.39, 0.29) is 11.7 Å². The maximum Gasteiger partial charge on any atom is 0.117 e. The Morgan fingerprint density at radius 3 is 2.82 bits per heavy atom. The summed E-state index contributed by atoms with van der Waals surface area (Å²) in [5.41, 5.74) is 2.53. The number of aliphatic hydroxyl groups is 1. The SMILES string of the molecule is CC(C)=C[C@H](O)[C@@H]1O[C@@]1(C)[C@H]1CC=C(C)CC1. The minimum atomic E-state index is -0.447. The molecule has 0 amide bonds. The average Bonchev–Trinajstić information content (AvgIpc) is 2.92. The first-order valence-electron chi connectivity index (χ1n) is 6.60. The fourth-order valence-corrected chi connectivity index (χ4v) is 2.89. The molecule has 1 N–H and O–H groups in total. The van der Waals surface area contributed by atoms with Crippen LogP contribution in [0.25, 0.3) is 0 Å². The number of aliphatic hydroxyl groups excluding tert-OH is 1. The van der Waals surface area contributed by atoms with Crippen LogP contribution in [0.1, 0.15) is 47.0 Å². The van der Waals surface area contributed by atoms with Crippen LogP contribution in [0, 0.1) is 5.92 Å². The van der Waals surface area contributed by atoms with Crippen LogP contribution in [0.15, 0.2) is 23.3 Å². The number of rotatable bonds is 3. The molecule has 96 valence electrons. The van der Waals surface area contributed by atoms with E-state index >= 15 is 0 Å². The summed E-state index contributed by atoms with van der Waals surface area (Å²) >= 11 is 0. The molecule has 2 heteroatoms. The number of allylic oxidation sites excluding steroid dienone is 3. The summed E-state index contributed by atoms with van der Waals surface area (Å²) in [5, 5.41) is 10.1. The Hall–Kier alpha value is -0.600. The normalized spacial score (nSPS) is 38.3. The summed E-state index contributed by atoms with van der Waals surface area (Å²) in [5.74, 6) is 0.566. The van der Waals surface area contributed by atoms with Gasteiger partial charge in [-0.2, -0.15) is 0 Å². The zero-order valence-electron chi connectivity index (χ0n) is 11.4. The molecular formula is C15H24O2. The molecule has 0 spiro atoms. The molecule has 4 atom stereocenters. The highest BCUT2D eigenvalue weighted by Gasteiger charge is 2.59. The van der Waals surface area contributed by atoms with Crippen molar-refractivity contribution < 1.29 is 9.84 Å². The first-order valence-corrected chi connectivity index (χ1v) is 6.60. The average molecular weight is 236 g/mol. The van der Waals surface area contributed by atoms with Crippen LogP contribution in [0.4, 0.5) is 0 Å². The third-order valence-electron chi connectivity index (χ3n) is 4.15. The van der Waals surface area contributed by atoms with Gasteiger partial charge in [-0.05, 0) is 52.9 Å². The molecule has 0 unspecified atom stereocenters. The minimum absolute atomic E-state index is 0.00536. The van der Waals surface area contributed by atoms with E-state index in [9.17, 15) is 5.11 Å². The Bertz CT molecular complexity index is 352. The van der Waals surface area contributed by atoms with Gasteiger partial charge in [-0.1, -0.05) is 23.3 Å². The fourth-order valence-electron chi connectivity index (χ4n) is 2.89. The standard InChI is InChI=1S/C15H24O2/c1-10(2)9-13(16)14-15(4,17-14)12-7-5-11(3)6-8-12/h5,9,12-14,16H,6-8H2,1-4H3/t12-,13-,14-,15-/m0/s1. The highest BCUT2D eigenvalue weighted by molar-refractivity contribution is 5.17. The molecule has 0 aromatic carbocycles. The molecule has 0 radical (unpaired) electrons. The van der Waals surface area contributed by atoms with Crippen LogP contribution in [-0.4, -0.2) is 22.9 Å². The number of hydrogen-bond acceptors (Lipinski definition) is 2. The summed E-state index contributed by atoms with van der Waals surface area (Å²) in [6.07, 6.45) is 7.24. The third-order valence-corrected chi connectivity index (χ3v) is 4.15. The summed E-state index contributed by atoms with van der Waals surface area (Å²) < 4.78 is 5.82. The van der Waals surface area contributed by atoms with Gasteiger partial charge in [0, 0.05) is 0 Å². The molecule has 1 fully saturated rings. The lowest BCUT2D eigenvalue weighted by atomic mass is 9.79. The first kappa shape index (κ1) is 12.8. The van der Waals surface area contributed by atoms with E-state index in [0.717, 1.165) is 12.0 Å². The van der Waals surface area contributed by atoms with Gasteiger partial charge in [0.1, 0.15) is 12.2 Å². The van der Waals surface area contributed by atoms with Crippen LogP contribution in [-0.2, 0) is 4.74 Å². The van der Waals surface area contributed by atoms with Crippen molar-refractivity contribution in [3.63, 3.8) is 0 Å². The van der Waals surface area contributed by atoms with Gasteiger partial charge in [-0.25, -0.2) is 0 Å². The van der Waals surface area contributed by atoms with Gasteiger partial charge in [0.15, 0.2) is 0 Å². The van der Waals surface area contributed by atoms with E-state index in [1.807, 2.05) is 19.9 Å². The first-order chi connectivity index (χ1) is 7.93. The molecule has 0 bridgehead atoms. The maximum absolute atomic E-state index is 10.1. The van der Waals surface area contributed by atoms with Gasteiger partial charge in [-0.15, -0.1) is 0 Å². The monoisotopic (exact) mass is 236 g/mol. The van der Waals surface area contributed by atoms with Crippen molar-refractivity contribution in [2.45, 2.75) is 64.8 Å². The molecule has 2 aliphatic rings. The Kier molecular flexibility index (Phi) is 3.46. The highest BCUT2D eigenvalue weighted by Crippen LogP contribution is 2.49. The lowest BCUT2D eigenvalue weighted by Gasteiger charge is -2.25. The predicted octanol–water partition coefficient (Wildman–Crippen LogP) is 3.22. The Balaban J connectivity index is 1.98. The van der Waals surface area contributed by atoms with Gasteiger partial charge in [0.2, 0.25) is 0 Å². The van der Waals surface area contributed by atoms with Crippen LogP contribution >= 0.6 is 0 Å². The Morgan fingerprint density at radius 2 is 2.29 bits per heavy atom. The van der Waals surface area contributed by atoms with E-state index in [1.165, 1.54) is 18.4 Å². The van der Waals surface area contributed by atoms with Gasteiger partial charge in [0.25, 0.3) is 0 Å². The highest BCUT2D eigenvalue weighted by atomic mass is 16.6. The summed E-state index contributed by atoms with van der Waals surface area (Å²) in [6, 6.07) is 0. The second-order valence-corrected chi connectivity index (χ2v) is 5.98. The van der Waals surface area contributed by atoms with E-state index < -0.39 is 6.10 Å². The summed E-state index contributed by atoms with van der Waals surface area (Å²) in [7, 11) is 0. The second kappa shape index (κ2) is 4.58. The van der Waals surface area contributed by atoms with E-state index in [4.69, 9.17) is 4.74 Å². The van der Waals surface area contributed by atoms with Crippen LogP contribution in [0.3, 0.4) is 0 Å². The van der Waals surface area contributed by atoms with Crippen LogP contribution in [0.2, 0.25) is 0 Å². The van der Waals surface area contributed by atoms with Crippen molar-refractivity contribution in [3.05, 3.63) is 23.3 Å². The molecule has 1 aliphatic carbocycles. The van der Waals surface area contributed by atoms with Crippen molar-refractivity contribution in [3.8, 4) is 0 Å². The molecule has 1 aliphatic heterocycles. The van der Waals surface area contributed by atoms with Crippen molar-refractivity contribution in [2.24, 2.45) is 5.92 Å². The van der Waals surface area contributed by atoms with Gasteiger partial charge < -0.3 is 9.84 Å². The topological polar surface area (TPSA) is 32.8 Å². The molecule has 2 rings (SSSR count). The van der Waals surface area contributed by atoms with Crippen molar-refractivity contribution >= 4 is 0 Å². The number of ether oxygens (including phenoxy) is 1. The predicted molar refractivity (Wildman–Crippen MR) is 69.8 cm³/mol. The van der Waals surface area contributed by atoms with E-state index in [2.05, 4.69) is 19.9 Å². The molecular weight excluding hydrogens is 212 g/mol. The molecule has 0 aromatic rings. The molecule has 17 heavy (non-hydrogen) atoms. The van der Waals surface area contributed by atoms with Crippen molar-refractivity contribution in [2.75, 3.05) is 0 Å². The molecule has 0 aromatic heterocycles.